The number of pyridine rings is 3. The number of amides is 1. The second-order valence-electron chi connectivity index (χ2n) is 8.46. The number of H-pyrrole nitrogens is 2. The molecule has 0 aromatic carbocycles. The number of anilines is 1. The Balaban J connectivity index is 1.40. The molecule has 0 aliphatic carbocycles. The SMILES string of the molecule is CCCC(=O)Nc1cncc(-c2ccc3[nH]nc(-c4nc5c(-n6cnc(C)c6)nccc5[nH]4)c3n2)c1. The van der Waals surface area contributed by atoms with Gasteiger partial charge in [0.2, 0.25) is 5.91 Å². The van der Waals surface area contributed by atoms with E-state index in [1.54, 1.807) is 24.9 Å². The predicted molar refractivity (Wildman–Crippen MR) is 135 cm³/mol. The molecule has 11 heteroatoms. The molecule has 3 N–H and O–H groups in total. The van der Waals surface area contributed by atoms with Crippen LogP contribution in [0.3, 0.4) is 0 Å². The van der Waals surface area contributed by atoms with Gasteiger partial charge in [-0.15, -0.1) is 0 Å². The molecule has 178 valence electrons. The summed E-state index contributed by atoms with van der Waals surface area (Å²) in [6.07, 6.45) is 9.93. The molecule has 0 aliphatic rings. The first-order chi connectivity index (χ1) is 17.6. The van der Waals surface area contributed by atoms with Crippen LogP contribution in [0.25, 0.3) is 50.7 Å². The van der Waals surface area contributed by atoms with Crippen molar-refractivity contribution in [2.24, 2.45) is 0 Å². The molecule has 0 bridgehead atoms. The summed E-state index contributed by atoms with van der Waals surface area (Å²) < 4.78 is 1.85. The number of aromatic amines is 2. The lowest BCUT2D eigenvalue weighted by molar-refractivity contribution is -0.116. The van der Waals surface area contributed by atoms with E-state index in [0.717, 1.165) is 28.7 Å². The van der Waals surface area contributed by atoms with E-state index < -0.39 is 0 Å². The lowest BCUT2D eigenvalue weighted by Crippen LogP contribution is -2.10. The van der Waals surface area contributed by atoms with E-state index in [2.05, 4.69) is 35.5 Å². The van der Waals surface area contributed by atoms with Gasteiger partial charge in [0.15, 0.2) is 17.3 Å². The highest BCUT2D eigenvalue weighted by atomic mass is 16.1. The van der Waals surface area contributed by atoms with Crippen LogP contribution in [0, 0.1) is 6.92 Å². The fourth-order valence-electron chi connectivity index (χ4n) is 4.08. The third-order valence-electron chi connectivity index (χ3n) is 5.76. The van der Waals surface area contributed by atoms with Crippen LogP contribution < -0.4 is 5.32 Å². The zero-order valence-electron chi connectivity index (χ0n) is 19.6. The number of fused-ring (bicyclic) bond motifs is 2. The Bertz CT molecular complexity index is 1730. The summed E-state index contributed by atoms with van der Waals surface area (Å²) in [6.45, 7) is 3.89. The van der Waals surface area contributed by atoms with Crippen LogP contribution in [0.2, 0.25) is 0 Å². The van der Waals surface area contributed by atoms with Gasteiger partial charge >= 0.3 is 0 Å². The Morgan fingerprint density at radius 3 is 2.83 bits per heavy atom. The van der Waals surface area contributed by atoms with Crippen molar-refractivity contribution in [3.8, 4) is 28.6 Å². The number of nitrogens with one attached hydrogen (secondary N) is 3. The second-order valence-corrected chi connectivity index (χ2v) is 8.46. The number of nitrogens with zero attached hydrogens (tertiary/aromatic N) is 7. The Morgan fingerprint density at radius 1 is 1.08 bits per heavy atom. The Kier molecular flexibility index (Phi) is 5.21. The number of rotatable bonds is 6. The summed E-state index contributed by atoms with van der Waals surface area (Å²) in [7, 11) is 0. The number of aromatic nitrogens is 9. The fourth-order valence-corrected chi connectivity index (χ4v) is 4.08. The molecule has 0 atom stereocenters. The molecular formula is C25H22N10O. The molecule has 0 saturated carbocycles. The molecule has 6 rings (SSSR count). The van der Waals surface area contributed by atoms with Gasteiger partial charge < -0.3 is 10.3 Å². The maximum atomic E-state index is 12.0. The van der Waals surface area contributed by atoms with Crippen LogP contribution in [0.1, 0.15) is 25.5 Å². The lowest BCUT2D eigenvalue weighted by atomic mass is 10.1. The van der Waals surface area contributed by atoms with Crippen LogP contribution in [0.15, 0.2) is 55.4 Å². The maximum absolute atomic E-state index is 12.0. The summed E-state index contributed by atoms with van der Waals surface area (Å²) in [5, 5.41) is 10.4. The largest absolute Gasteiger partial charge is 0.336 e. The summed E-state index contributed by atoms with van der Waals surface area (Å²) in [5.74, 6) is 1.21. The van der Waals surface area contributed by atoms with E-state index in [9.17, 15) is 4.79 Å². The number of hydrogen-bond donors (Lipinski definition) is 3. The standard InChI is InChI=1S/C25H22N10O/c1-3-4-20(36)29-16-9-15(10-26-11-16)17-5-6-19-21(30-17)23(34-33-19)24-31-18-7-8-27-25(22(18)32-24)35-12-14(2)28-13-35/h5-13H,3-4H2,1-2H3,(H,29,36)(H,31,32)(H,33,34). The van der Waals surface area contributed by atoms with Gasteiger partial charge in [-0.3, -0.25) is 19.4 Å². The van der Waals surface area contributed by atoms with Crippen molar-refractivity contribution >= 4 is 33.7 Å². The highest BCUT2D eigenvalue weighted by Crippen LogP contribution is 2.29. The van der Waals surface area contributed by atoms with Crippen molar-refractivity contribution < 1.29 is 4.79 Å². The van der Waals surface area contributed by atoms with Crippen LogP contribution >= 0.6 is 0 Å². The quantitative estimate of drug-likeness (QED) is 0.326. The molecule has 0 radical (unpaired) electrons. The van der Waals surface area contributed by atoms with Gasteiger partial charge in [0.05, 0.1) is 34.3 Å². The topological polar surface area (TPSA) is 143 Å². The molecule has 36 heavy (non-hydrogen) atoms. The molecule has 0 spiro atoms. The van der Waals surface area contributed by atoms with Crippen molar-refractivity contribution in [3.63, 3.8) is 0 Å². The molecular weight excluding hydrogens is 456 g/mol. The molecule has 1 amide bonds. The average molecular weight is 479 g/mol. The van der Waals surface area contributed by atoms with Crippen molar-refractivity contribution in [2.75, 3.05) is 5.32 Å². The normalized spacial score (nSPS) is 11.4. The van der Waals surface area contributed by atoms with Crippen LogP contribution in [0.5, 0.6) is 0 Å². The monoisotopic (exact) mass is 478 g/mol. The third kappa shape index (κ3) is 3.86. The first kappa shape index (κ1) is 21.6. The van der Waals surface area contributed by atoms with Gasteiger partial charge in [-0.25, -0.2) is 19.9 Å². The number of imidazole rings is 2. The summed E-state index contributed by atoms with van der Waals surface area (Å²) >= 11 is 0. The molecule has 6 aromatic heterocycles. The minimum Gasteiger partial charge on any atom is -0.336 e. The molecule has 0 saturated heterocycles. The molecule has 0 aliphatic heterocycles. The van der Waals surface area contributed by atoms with E-state index in [-0.39, 0.29) is 5.91 Å². The lowest BCUT2D eigenvalue weighted by Gasteiger charge is -2.06. The van der Waals surface area contributed by atoms with E-state index in [1.807, 2.05) is 48.9 Å². The molecule has 0 fully saturated rings. The van der Waals surface area contributed by atoms with Gasteiger partial charge in [-0.2, -0.15) is 5.10 Å². The fraction of sp³-hybridized carbons (Fsp3) is 0.160. The number of carbonyl (C=O) groups is 1. The minimum atomic E-state index is -0.0402. The molecule has 11 nitrogen and oxygen atoms in total. The summed E-state index contributed by atoms with van der Waals surface area (Å²) in [6, 6.07) is 7.54. The van der Waals surface area contributed by atoms with Crippen molar-refractivity contribution in [3.05, 3.63) is 61.1 Å². The third-order valence-corrected chi connectivity index (χ3v) is 5.76. The van der Waals surface area contributed by atoms with E-state index in [4.69, 9.17) is 9.97 Å². The highest BCUT2D eigenvalue weighted by Gasteiger charge is 2.17. The Hall–Kier alpha value is -4.93. The number of carbonyl (C=O) groups excluding carboxylic acids is 1. The van der Waals surface area contributed by atoms with E-state index >= 15 is 0 Å². The zero-order chi connectivity index (χ0) is 24.6. The molecule has 0 unspecified atom stereocenters. The molecule has 6 aromatic rings. The first-order valence-electron chi connectivity index (χ1n) is 11.6. The predicted octanol–water partition coefficient (Wildman–Crippen LogP) is 4.19. The Morgan fingerprint density at radius 2 is 2.00 bits per heavy atom. The minimum absolute atomic E-state index is 0.0402. The highest BCUT2D eigenvalue weighted by molar-refractivity contribution is 5.93. The average Bonchev–Trinajstić information content (AvgIpc) is 3.61. The van der Waals surface area contributed by atoms with Crippen molar-refractivity contribution in [1.29, 1.82) is 0 Å². The van der Waals surface area contributed by atoms with Gasteiger partial charge in [0, 0.05) is 30.6 Å². The number of aryl methyl sites for hydroxylation is 1. The summed E-state index contributed by atoms with van der Waals surface area (Å²) in [4.78, 5) is 38.1. The Labute approximate surface area is 205 Å². The smallest absolute Gasteiger partial charge is 0.224 e. The van der Waals surface area contributed by atoms with Crippen LogP contribution in [-0.4, -0.2) is 50.6 Å². The van der Waals surface area contributed by atoms with Crippen LogP contribution in [-0.2, 0) is 4.79 Å². The number of hydrogen-bond acceptors (Lipinski definition) is 7. The first-order valence-corrected chi connectivity index (χ1v) is 11.6. The summed E-state index contributed by atoms with van der Waals surface area (Å²) in [5.41, 5.74) is 6.58. The van der Waals surface area contributed by atoms with Crippen molar-refractivity contribution in [1.82, 2.24) is 44.7 Å². The second kappa shape index (κ2) is 8.69. The van der Waals surface area contributed by atoms with Gasteiger partial charge in [0.25, 0.3) is 0 Å². The van der Waals surface area contributed by atoms with E-state index in [1.165, 1.54) is 0 Å². The maximum Gasteiger partial charge on any atom is 0.224 e. The van der Waals surface area contributed by atoms with Crippen LogP contribution in [0.4, 0.5) is 5.69 Å². The van der Waals surface area contributed by atoms with Gasteiger partial charge in [0.1, 0.15) is 17.4 Å². The van der Waals surface area contributed by atoms with Gasteiger partial charge in [-0.05, 0) is 37.6 Å². The molecule has 6 heterocycles. The zero-order valence-corrected chi connectivity index (χ0v) is 19.6. The van der Waals surface area contributed by atoms with Gasteiger partial charge in [-0.1, -0.05) is 6.92 Å². The van der Waals surface area contributed by atoms with Crippen molar-refractivity contribution in [2.45, 2.75) is 26.7 Å². The van der Waals surface area contributed by atoms with E-state index in [0.29, 0.717) is 46.2 Å².